The van der Waals surface area contributed by atoms with E-state index in [2.05, 4.69) is 5.32 Å². The van der Waals surface area contributed by atoms with Crippen molar-refractivity contribution in [1.29, 1.82) is 0 Å². The van der Waals surface area contributed by atoms with Gasteiger partial charge in [-0.2, -0.15) is 0 Å². The fraction of sp³-hybridized carbons (Fsp3) is 0.786. The van der Waals surface area contributed by atoms with Crippen molar-refractivity contribution >= 4 is 17.8 Å². The Labute approximate surface area is 118 Å². The van der Waals surface area contributed by atoms with Crippen molar-refractivity contribution in [2.45, 2.75) is 51.0 Å². The van der Waals surface area contributed by atoms with Gasteiger partial charge in [-0.1, -0.05) is 6.42 Å². The van der Waals surface area contributed by atoms with Crippen LogP contribution in [0.5, 0.6) is 0 Å². The molecule has 0 heterocycles. The Morgan fingerprint density at radius 3 is 2.10 bits per heavy atom. The molecule has 112 valence electrons. The summed E-state index contributed by atoms with van der Waals surface area (Å²) in [5, 5.41) is 12.1. The Balaban J connectivity index is 1.83. The Morgan fingerprint density at radius 2 is 1.55 bits per heavy atom. The number of rotatable bonds is 4. The maximum atomic E-state index is 12.2. The summed E-state index contributed by atoms with van der Waals surface area (Å²) in [7, 11) is 0. The van der Waals surface area contributed by atoms with Gasteiger partial charge in [0.2, 0.25) is 11.8 Å². The molecular formula is C14H22N2O4. The predicted octanol–water partition coefficient (Wildman–Crippen LogP) is 0.648. The highest BCUT2D eigenvalue weighted by molar-refractivity contribution is 5.85. The van der Waals surface area contributed by atoms with Crippen LogP contribution in [0.2, 0.25) is 0 Å². The number of carboxylic acids is 1. The topological polar surface area (TPSA) is 109 Å². The first-order valence-electron chi connectivity index (χ1n) is 7.31. The number of nitrogens with one attached hydrogen (secondary N) is 1. The summed E-state index contributed by atoms with van der Waals surface area (Å²) >= 11 is 0. The van der Waals surface area contributed by atoms with Crippen molar-refractivity contribution in [3.8, 4) is 0 Å². The van der Waals surface area contributed by atoms with Gasteiger partial charge in [-0.3, -0.25) is 14.4 Å². The summed E-state index contributed by atoms with van der Waals surface area (Å²) in [6.07, 6.45) is 4.92. The van der Waals surface area contributed by atoms with Gasteiger partial charge in [-0.15, -0.1) is 0 Å². The molecule has 2 saturated carbocycles. The smallest absolute Gasteiger partial charge is 0.307 e. The summed E-state index contributed by atoms with van der Waals surface area (Å²) < 4.78 is 0. The quantitative estimate of drug-likeness (QED) is 0.703. The van der Waals surface area contributed by atoms with E-state index in [0.717, 1.165) is 19.3 Å². The molecule has 0 bridgehead atoms. The van der Waals surface area contributed by atoms with E-state index < -0.39 is 17.8 Å². The molecule has 0 aliphatic heterocycles. The van der Waals surface area contributed by atoms with E-state index >= 15 is 0 Å². The molecule has 0 spiro atoms. The standard InChI is InChI=1S/C14H22N2O4/c15-12(17)8-4-6-9(7-5-8)16-13(18)10-2-1-3-11(10)14(19)20/h8-11H,1-7H2,(H2,15,17)(H,16,18)(H,19,20). The molecule has 6 nitrogen and oxygen atoms in total. The van der Waals surface area contributed by atoms with E-state index in [4.69, 9.17) is 10.8 Å². The second-order valence-electron chi connectivity index (χ2n) is 5.94. The Kier molecular flexibility index (Phi) is 4.62. The third-order valence-electron chi connectivity index (χ3n) is 4.65. The predicted molar refractivity (Wildman–Crippen MR) is 71.5 cm³/mol. The molecule has 2 aliphatic rings. The second kappa shape index (κ2) is 6.24. The molecule has 6 heteroatoms. The molecule has 0 aromatic carbocycles. The van der Waals surface area contributed by atoms with Crippen LogP contribution in [0.25, 0.3) is 0 Å². The van der Waals surface area contributed by atoms with Gasteiger partial charge in [0.25, 0.3) is 0 Å². The lowest BCUT2D eigenvalue weighted by atomic mass is 9.85. The molecule has 0 aromatic heterocycles. The third kappa shape index (κ3) is 3.29. The van der Waals surface area contributed by atoms with Crippen LogP contribution < -0.4 is 11.1 Å². The lowest BCUT2D eigenvalue weighted by molar-refractivity contribution is -0.146. The number of nitrogens with two attached hydrogens (primary N) is 1. The molecule has 0 aromatic rings. The van der Waals surface area contributed by atoms with Crippen LogP contribution in [0.3, 0.4) is 0 Å². The Bertz CT molecular complexity index is 402. The van der Waals surface area contributed by atoms with Crippen molar-refractivity contribution in [3.63, 3.8) is 0 Å². The number of hydrogen-bond acceptors (Lipinski definition) is 3. The van der Waals surface area contributed by atoms with Gasteiger partial charge in [0.15, 0.2) is 0 Å². The number of carbonyl (C=O) groups is 3. The van der Waals surface area contributed by atoms with Crippen LogP contribution in [0, 0.1) is 17.8 Å². The maximum Gasteiger partial charge on any atom is 0.307 e. The molecule has 2 amide bonds. The highest BCUT2D eigenvalue weighted by atomic mass is 16.4. The van der Waals surface area contributed by atoms with Crippen molar-refractivity contribution in [2.75, 3.05) is 0 Å². The Morgan fingerprint density at radius 1 is 0.950 bits per heavy atom. The van der Waals surface area contributed by atoms with E-state index in [1.165, 1.54) is 0 Å². The number of carboxylic acid groups (broad SMARTS) is 1. The summed E-state index contributed by atoms with van der Waals surface area (Å²) in [5.41, 5.74) is 5.27. The van der Waals surface area contributed by atoms with Crippen LogP contribution >= 0.6 is 0 Å². The zero-order chi connectivity index (χ0) is 14.7. The largest absolute Gasteiger partial charge is 0.481 e. The van der Waals surface area contributed by atoms with E-state index in [0.29, 0.717) is 25.7 Å². The first kappa shape index (κ1) is 14.8. The number of hydrogen-bond donors (Lipinski definition) is 3. The van der Waals surface area contributed by atoms with Crippen LogP contribution in [-0.2, 0) is 14.4 Å². The van der Waals surface area contributed by atoms with Crippen molar-refractivity contribution in [1.82, 2.24) is 5.32 Å². The monoisotopic (exact) mass is 282 g/mol. The van der Waals surface area contributed by atoms with E-state index in [9.17, 15) is 14.4 Å². The van der Waals surface area contributed by atoms with Crippen LogP contribution in [-0.4, -0.2) is 28.9 Å². The minimum Gasteiger partial charge on any atom is -0.481 e. The minimum absolute atomic E-state index is 0.0492. The average molecular weight is 282 g/mol. The van der Waals surface area contributed by atoms with Gasteiger partial charge in [0, 0.05) is 12.0 Å². The minimum atomic E-state index is -0.875. The molecule has 20 heavy (non-hydrogen) atoms. The van der Waals surface area contributed by atoms with Gasteiger partial charge >= 0.3 is 5.97 Å². The van der Waals surface area contributed by atoms with Crippen LogP contribution in [0.4, 0.5) is 0 Å². The first-order valence-corrected chi connectivity index (χ1v) is 7.31. The lowest BCUT2D eigenvalue weighted by Gasteiger charge is -2.28. The van der Waals surface area contributed by atoms with Crippen LogP contribution in [0.1, 0.15) is 44.9 Å². The van der Waals surface area contributed by atoms with Gasteiger partial charge in [0.1, 0.15) is 0 Å². The summed E-state index contributed by atoms with van der Waals surface area (Å²) in [5.74, 6) is -2.31. The van der Waals surface area contributed by atoms with Crippen molar-refractivity contribution < 1.29 is 19.5 Å². The van der Waals surface area contributed by atoms with Gasteiger partial charge < -0.3 is 16.2 Å². The molecule has 2 fully saturated rings. The highest BCUT2D eigenvalue weighted by Crippen LogP contribution is 2.33. The molecule has 0 saturated heterocycles. The van der Waals surface area contributed by atoms with E-state index in [1.807, 2.05) is 0 Å². The SMILES string of the molecule is NC(=O)C1CCC(NC(=O)C2CCCC2C(=O)O)CC1. The molecule has 2 aliphatic carbocycles. The molecule has 2 unspecified atom stereocenters. The van der Waals surface area contributed by atoms with Crippen molar-refractivity contribution in [3.05, 3.63) is 0 Å². The average Bonchev–Trinajstić information content (AvgIpc) is 2.88. The van der Waals surface area contributed by atoms with Gasteiger partial charge in [0.05, 0.1) is 11.8 Å². The van der Waals surface area contributed by atoms with Crippen molar-refractivity contribution in [2.24, 2.45) is 23.5 Å². The second-order valence-corrected chi connectivity index (χ2v) is 5.94. The van der Waals surface area contributed by atoms with Gasteiger partial charge in [-0.05, 0) is 38.5 Å². The zero-order valence-electron chi connectivity index (χ0n) is 11.5. The van der Waals surface area contributed by atoms with Gasteiger partial charge in [-0.25, -0.2) is 0 Å². The normalized spacial score (nSPS) is 33.6. The number of aliphatic carboxylic acids is 1. The Hall–Kier alpha value is -1.59. The summed E-state index contributed by atoms with van der Waals surface area (Å²) in [4.78, 5) is 34.4. The van der Waals surface area contributed by atoms with E-state index in [1.54, 1.807) is 0 Å². The number of carbonyl (C=O) groups excluding carboxylic acids is 2. The highest BCUT2D eigenvalue weighted by Gasteiger charge is 2.38. The lowest BCUT2D eigenvalue weighted by Crippen LogP contribution is -2.43. The summed E-state index contributed by atoms with van der Waals surface area (Å²) in [6.45, 7) is 0. The zero-order valence-corrected chi connectivity index (χ0v) is 11.5. The molecule has 2 rings (SSSR count). The third-order valence-corrected chi connectivity index (χ3v) is 4.65. The fourth-order valence-corrected chi connectivity index (χ4v) is 3.40. The van der Waals surface area contributed by atoms with E-state index in [-0.39, 0.29) is 23.8 Å². The number of primary amides is 1. The fourth-order valence-electron chi connectivity index (χ4n) is 3.40. The van der Waals surface area contributed by atoms with Crippen LogP contribution in [0.15, 0.2) is 0 Å². The molecule has 0 radical (unpaired) electrons. The molecule has 4 N–H and O–H groups in total. The maximum absolute atomic E-state index is 12.2. The molecule has 2 atom stereocenters. The number of amides is 2. The summed E-state index contributed by atoms with van der Waals surface area (Å²) in [6, 6.07) is 0.0492. The molecular weight excluding hydrogens is 260 g/mol. The first-order chi connectivity index (χ1) is 9.49.